The molecule has 2 unspecified atom stereocenters. The average Bonchev–Trinajstić information content (AvgIpc) is 2.71. The van der Waals surface area contributed by atoms with E-state index in [4.69, 9.17) is 4.74 Å². The van der Waals surface area contributed by atoms with Crippen LogP contribution < -0.4 is 15.0 Å². The highest BCUT2D eigenvalue weighted by Crippen LogP contribution is 2.34. The minimum absolute atomic E-state index is 0.00890. The second kappa shape index (κ2) is 8.99. The number of fused-ring (bicyclic) bond motifs is 1. The van der Waals surface area contributed by atoms with E-state index in [2.05, 4.69) is 5.32 Å². The van der Waals surface area contributed by atoms with Gasteiger partial charge >= 0.3 is 6.18 Å². The molecular formula is C23H25F3N2O3. The molecule has 0 saturated carbocycles. The summed E-state index contributed by atoms with van der Waals surface area (Å²) in [6.07, 6.45) is -5.11. The van der Waals surface area contributed by atoms with Gasteiger partial charge < -0.3 is 15.0 Å². The molecule has 166 valence electrons. The number of halogens is 3. The lowest BCUT2D eigenvalue weighted by Gasteiger charge is -2.33. The normalized spacial score (nSPS) is 17.2. The molecule has 2 amide bonds. The SMILES string of the molecule is CC1Oc2ccccc2N(CCC(=O)NC(c2cccc(C(F)(F)F)c2)C(C)C)C1=O. The molecule has 1 N–H and O–H groups in total. The summed E-state index contributed by atoms with van der Waals surface area (Å²) in [7, 11) is 0. The second-order valence-corrected chi connectivity index (χ2v) is 7.88. The molecule has 2 aromatic rings. The van der Waals surface area contributed by atoms with Gasteiger partial charge in [-0.05, 0) is 42.7 Å². The lowest BCUT2D eigenvalue weighted by molar-refractivity contribution is -0.137. The summed E-state index contributed by atoms with van der Waals surface area (Å²) in [5.74, 6) is -0.150. The summed E-state index contributed by atoms with van der Waals surface area (Å²) in [6, 6.07) is 11.5. The number of ether oxygens (including phenoxy) is 1. The largest absolute Gasteiger partial charge is 0.479 e. The molecule has 0 radical (unpaired) electrons. The molecule has 0 aliphatic carbocycles. The summed E-state index contributed by atoms with van der Waals surface area (Å²) in [5.41, 5.74) is 0.227. The Morgan fingerprint density at radius 1 is 1.16 bits per heavy atom. The van der Waals surface area contributed by atoms with Gasteiger partial charge in [-0.3, -0.25) is 9.59 Å². The van der Waals surface area contributed by atoms with E-state index in [9.17, 15) is 22.8 Å². The van der Waals surface area contributed by atoms with Crippen molar-refractivity contribution < 1.29 is 27.5 Å². The molecule has 5 nitrogen and oxygen atoms in total. The molecular weight excluding hydrogens is 409 g/mol. The van der Waals surface area contributed by atoms with Crippen molar-refractivity contribution in [3.63, 3.8) is 0 Å². The molecule has 0 saturated heterocycles. The molecule has 2 atom stereocenters. The van der Waals surface area contributed by atoms with Gasteiger partial charge in [0.05, 0.1) is 17.3 Å². The standard InChI is InChI=1S/C23H25F3N2O3/c1-14(2)21(16-7-6-8-17(13-16)23(24,25)26)27-20(29)11-12-28-18-9-4-5-10-19(18)31-15(3)22(28)30/h4-10,13-15,21H,11-12H2,1-3H3,(H,27,29). The molecule has 3 rings (SSSR count). The number of alkyl halides is 3. The Hall–Kier alpha value is -3.03. The summed E-state index contributed by atoms with van der Waals surface area (Å²) in [5, 5.41) is 2.83. The van der Waals surface area contributed by atoms with Crippen LogP contribution in [-0.4, -0.2) is 24.5 Å². The number of rotatable bonds is 6. The molecule has 0 bridgehead atoms. The number of amides is 2. The van der Waals surface area contributed by atoms with Gasteiger partial charge in [-0.2, -0.15) is 13.2 Å². The van der Waals surface area contributed by atoms with Crippen LogP contribution in [0.15, 0.2) is 48.5 Å². The first-order valence-corrected chi connectivity index (χ1v) is 10.1. The van der Waals surface area contributed by atoms with E-state index in [0.717, 1.165) is 12.1 Å². The summed E-state index contributed by atoms with van der Waals surface area (Å²) < 4.78 is 44.8. The van der Waals surface area contributed by atoms with Crippen molar-refractivity contribution in [2.45, 2.75) is 45.5 Å². The predicted molar refractivity (Wildman–Crippen MR) is 111 cm³/mol. The molecule has 0 aromatic heterocycles. The highest BCUT2D eigenvalue weighted by atomic mass is 19.4. The second-order valence-electron chi connectivity index (χ2n) is 7.88. The summed E-state index contributed by atoms with van der Waals surface area (Å²) in [4.78, 5) is 26.7. The smallest absolute Gasteiger partial charge is 0.416 e. The van der Waals surface area contributed by atoms with Gasteiger partial charge in [-0.1, -0.05) is 38.1 Å². The van der Waals surface area contributed by atoms with Crippen LogP contribution in [-0.2, 0) is 15.8 Å². The first-order valence-electron chi connectivity index (χ1n) is 10.1. The third kappa shape index (κ3) is 5.18. The van der Waals surface area contributed by atoms with Crippen molar-refractivity contribution in [1.82, 2.24) is 5.32 Å². The Bertz CT molecular complexity index is 959. The lowest BCUT2D eigenvalue weighted by Crippen LogP contribution is -2.46. The highest BCUT2D eigenvalue weighted by molar-refractivity contribution is 6.00. The molecule has 8 heteroatoms. The zero-order chi connectivity index (χ0) is 22.8. The molecule has 2 aromatic carbocycles. The van der Waals surface area contributed by atoms with Crippen LogP contribution in [0, 0.1) is 5.92 Å². The molecule has 0 fully saturated rings. The summed E-state index contributed by atoms with van der Waals surface area (Å²) in [6.45, 7) is 5.44. The van der Waals surface area contributed by atoms with Crippen LogP contribution in [0.2, 0.25) is 0 Å². The first-order chi connectivity index (χ1) is 14.6. The maximum absolute atomic E-state index is 13.1. The van der Waals surface area contributed by atoms with E-state index < -0.39 is 23.9 Å². The molecule has 31 heavy (non-hydrogen) atoms. The Labute approximate surface area is 179 Å². The quantitative estimate of drug-likeness (QED) is 0.716. The van der Waals surface area contributed by atoms with Crippen LogP contribution in [0.3, 0.4) is 0 Å². The third-order valence-electron chi connectivity index (χ3n) is 5.19. The zero-order valence-corrected chi connectivity index (χ0v) is 17.6. The Morgan fingerprint density at radius 2 is 1.87 bits per heavy atom. The van der Waals surface area contributed by atoms with Gasteiger partial charge in [0.15, 0.2) is 6.10 Å². The Morgan fingerprint density at radius 3 is 2.55 bits per heavy atom. The van der Waals surface area contributed by atoms with Crippen molar-refractivity contribution >= 4 is 17.5 Å². The van der Waals surface area contributed by atoms with Crippen LogP contribution in [0.25, 0.3) is 0 Å². The minimum atomic E-state index is -4.46. The topological polar surface area (TPSA) is 58.6 Å². The van der Waals surface area contributed by atoms with Gasteiger partial charge in [0.1, 0.15) is 5.75 Å². The fourth-order valence-corrected chi connectivity index (χ4v) is 3.59. The Balaban J connectivity index is 1.71. The number of hydrogen-bond acceptors (Lipinski definition) is 3. The van der Waals surface area contributed by atoms with E-state index in [0.29, 0.717) is 17.0 Å². The van der Waals surface area contributed by atoms with E-state index in [1.54, 1.807) is 37.3 Å². The number of anilines is 1. The highest BCUT2D eigenvalue weighted by Gasteiger charge is 2.33. The maximum Gasteiger partial charge on any atom is 0.416 e. The number of carbonyl (C=O) groups excluding carboxylic acids is 2. The number of benzene rings is 2. The van der Waals surface area contributed by atoms with Crippen molar-refractivity contribution in [2.24, 2.45) is 5.92 Å². The molecule has 0 spiro atoms. The number of para-hydroxylation sites is 2. The number of nitrogens with one attached hydrogen (secondary N) is 1. The first kappa shape index (κ1) is 22.7. The average molecular weight is 434 g/mol. The van der Waals surface area contributed by atoms with Crippen molar-refractivity contribution in [3.05, 3.63) is 59.7 Å². The maximum atomic E-state index is 13.1. The summed E-state index contributed by atoms with van der Waals surface area (Å²) >= 11 is 0. The molecule has 1 aliphatic rings. The van der Waals surface area contributed by atoms with E-state index in [1.807, 2.05) is 13.8 Å². The van der Waals surface area contributed by atoms with E-state index >= 15 is 0 Å². The van der Waals surface area contributed by atoms with Gasteiger partial charge in [0.2, 0.25) is 5.91 Å². The van der Waals surface area contributed by atoms with Crippen molar-refractivity contribution in [3.8, 4) is 5.75 Å². The fourth-order valence-electron chi connectivity index (χ4n) is 3.59. The predicted octanol–water partition coefficient (Wildman–Crippen LogP) is 4.72. The molecule has 1 heterocycles. The van der Waals surface area contributed by atoms with E-state index in [-0.39, 0.29) is 30.7 Å². The molecule has 1 aliphatic heterocycles. The van der Waals surface area contributed by atoms with Gasteiger partial charge in [-0.15, -0.1) is 0 Å². The number of hydrogen-bond donors (Lipinski definition) is 1. The Kier molecular flexibility index (Phi) is 6.57. The van der Waals surface area contributed by atoms with Gasteiger partial charge in [-0.25, -0.2) is 0 Å². The van der Waals surface area contributed by atoms with Crippen LogP contribution in [0.5, 0.6) is 5.75 Å². The monoisotopic (exact) mass is 434 g/mol. The number of carbonyl (C=O) groups is 2. The minimum Gasteiger partial charge on any atom is -0.479 e. The number of nitrogens with zero attached hydrogens (tertiary/aromatic N) is 1. The van der Waals surface area contributed by atoms with Gasteiger partial charge in [0.25, 0.3) is 5.91 Å². The van der Waals surface area contributed by atoms with Crippen LogP contribution >= 0.6 is 0 Å². The van der Waals surface area contributed by atoms with Crippen LogP contribution in [0.4, 0.5) is 18.9 Å². The zero-order valence-electron chi connectivity index (χ0n) is 17.6. The van der Waals surface area contributed by atoms with Crippen molar-refractivity contribution in [2.75, 3.05) is 11.4 Å². The van der Waals surface area contributed by atoms with Crippen molar-refractivity contribution in [1.29, 1.82) is 0 Å². The lowest BCUT2D eigenvalue weighted by atomic mass is 9.94. The van der Waals surface area contributed by atoms with E-state index in [1.165, 1.54) is 11.0 Å². The fraction of sp³-hybridized carbons (Fsp3) is 0.391. The third-order valence-corrected chi connectivity index (χ3v) is 5.19. The van der Waals surface area contributed by atoms with Crippen LogP contribution in [0.1, 0.15) is 44.4 Å². The van der Waals surface area contributed by atoms with Gasteiger partial charge in [0, 0.05) is 13.0 Å².